The zero-order valence-corrected chi connectivity index (χ0v) is 12.2. The van der Waals surface area contributed by atoms with Crippen LogP contribution in [-0.4, -0.2) is 43.6 Å². The maximum absolute atomic E-state index is 13.4. The number of halogens is 2. The van der Waals surface area contributed by atoms with E-state index in [-0.39, 0.29) is 12.4 Å². The van der Waals surface area contributed by atoms with E-state index in [1.807, 2.05) is 6.92 Å². The lowest BCUT2D eigenvalue weighted by molar-refractivity contribution is 0.309. The van der Waals surface area contributed by atoms with Crippen LogP contribution in [-0.2, 0) is 0 Å². The van der Waals surface area contributed by atoms with Gasteiger partial charge in [0.15, 0.2) is 17.5 Å². The number of nitrogens with one attached hydrogen (secondary N) is 1. The number of ether oxygens (including phenoxy) is 1. The topological polar surface area (TPSA) is 36.9 Å². The molecule has 0 bridgehead atoms. The zero-order chi connectivity index (χ0) is 15.1. The molecular formula is C15H21F2N3O. The Hall–Kier alpha value is -1.85. The molecule has 1 saturated heterocycles. The summed E-state index contributed by atoms with van der Waals surface area (Å²) in [6.07, 6.45) is 2.36. The van der Waals surface area contributed by atoms with E-state index in [1.165, 1.54) is 25.0 Å². The average molecular weight is 297 g/mol. The van der Waals surface area contributed by atoms with Crippen LogP contribution >= 0.6 is 0 Å². The van der Waals surface area contributed by atoms with Gasteiger partial charge in [-0.05, 0) is 31.9 Å². The lowest BCUT2D eigenvalue weighted by Crippen LogP contribution is -2.39. The highest BCUT2D eigenvalue weighted by molar-refractivity contribution is 5.80. The van der Waals surface area contributed by atoms with Crippen molar-refractivity contribution in [1.29, 1.82) is 0 Å². The number of nitrogens with zero attached hydrogens (tertiary/aromatic N) is 2. The van der Waals surface area contributed by atoms with Crippen molar-refractivity contribution in [2.45, 2.75) is 19.8 Å². The first-order valence-corrected chi connectivity index (χ1v) is 7.32. The third-order valence-electron chi connectivity index (χ3n) is 3.24. The smallest absolute Gasteiger partial charge is 0.194 e. The molecule has 0 unspecified atom stereocenters. The van der Waals surface area contributed by atoms with Gasteiger partial charge in [0.25, 0.3) is 0 Å². The Labute approximate surface area is 123 Å². The van der Waals surface area contributed by atoms with E-state index < -0.39 is 11.6 Å². The fourth-order valence-electron chi connectivity index (χ4n) is 2.25. The van der Waals surface area contributed by atoms with Crippen LogP contribution in [0.15, 0.2) is 23.2 Å². The Morgan fingerprint density at radius 1 is 1.33 bits per heavy atom. The lowest BCUT2D eigenvalue weighted by atomic mass is 10.3. The molecule has 0 aromatic heterocycles. The van der Waals surface area contributed by atoms with Crippen molar-refractivity contribution >= 4 is 5.96 Å². The molecule has 1 aromatic rings. The molecule has 21 heavy (non-hydrogen) atoms. The minimum atomic E-state index is -0.689. The number of hydrogen-bond acceptors (Lipinski definition) is 2. The number of guanidine groups is 1. The molecule has 0 radical (unpaired) electrons. The number of likely N-dealkylation sites (tertiary alicyclic amines) is 1. The van der Waals surface area contributed by atoms with E-state index in [2.05, 4.69) is 15.2 Å². The second-order valence-corrected chi connectivity index (χ2v) is 4.85. The molecule has 0 amide bonds. The Bertz CT molecular complexity index is 488. The highest BCUT2D eigenvalue weighted by Gasteiger charge is 2.15. The van der Waals surface area contributed by atoms with Crippen molar-refractivity contribution in [3.8, 4) is 5.75 Å². The summed E-state index contributed by atoms with van der Waals surface area (Å²) in [5.41, 5.74) is 0. The van der Waals surface area contributed by atoms with Gasteiger partial charge in [0.2, 0.25) is 0 Å². The van der Waals surface area contributed by atoms with Gasteiger partial charge in [-0.3, -0.25) is 0 Å². The second-order valence-electron chi connectivity index (χ2n) is 4.85. The standard InChI is InChI=1S/C15H21F2N3O/c1-2-18-15(20-8-3-4-9-20)19-7-10-21-14-6-5-12(16)11-13(14)17/h5-6,11H,2-4,7-10H2,1H3,(H,18,19). The molecule has 0 atom stereocenters. The molecule has 1 aromatic carbocycles. The Morgan fingerprint density at radius 2 is 2.10 bits per heavy atom. The van der Waals surface area contributed by atoms with Gasteiger partial charge in [0.1, 0.15) is 12.4 Å². The molecule has 2 rings (SSSR count). The quantitative estimate of drug-likeness (QED) is 0.515. The normalized spacial score (nSPS) is 15.4. The largest absolute Gasteiger partial charge is 0.489 e. The summed E-state index contributed by atoms with van der Waals surface area (Å²) >= 11 is 0. The van der Waals surface area contributed by atoms with Gasteiger partial charge in [0, 0.05) is 25.7 Å². The molecule has 1 N–H and O–H groups in total. The van der Waals surface area contributed by atoms with Crippen LogP contribution in [0, 0.1) is 11.6 Å². The average Bonchev–Trinajstić information content (AvgIpc) is 2.98. The fourth-order valence-corrected chi connectivity index (χ4v) is 2.25. The number of benzene rings is 1. The van der Waals surface area contributed by atoms with Crippen LogP contribution in [0.1, 0.15) is 19.8 Å². The minimum Gasteiger partial charge on any atom is -0.489 e. The molecule has 1 aliphatic rings. The summed E-state index contributed by atoms with van der Waals surface area (Å²) in [6, 6.07) is 3.28. The van der Waals surface area contributed by atoms with E-state index in [4.69, 9.17) is 4.74 Å². The van der Waals surface area contributed by atoms with Gasteiger partial charge < -0.3 is 15.0 Å². The summed E-state index contributed by atoms with van der Waals surface area (Å²) in [5.74, 6) is -0.372. The fraction of sp³-hybridized carbons (Fsp3) is 0.533. The summed E-state index contributed by atoms with van der Waals surface area (Å²) in [4.78, 5) is 6.68. The molecule has 116 valence electrons. The van der Waals surface area contributed by atoms with Crippen molar-refractivity contribution in [3.05, 3.63) is 29.8 Å². The SMILES string of the molecule is CCNC(=NCCOc1ccc(F)cc1F)N1CCCC1. The summed E-state index contributed by atoms with van der Waals surface area (Å²) < 4.78 is 31.4. The molecule has 4 nitrogen and oxygen atoms in total. The van der Waals surface area contributed by atoms with Crippen LogP contribution < -0.4 is 10.1 Å². The van der Waals surface area contributed by atoms with Gasteiger partial charge in [-0.15, -0.1) is 0 Å². The predicted octanol–water partition coefficient (Wildman–Crippen LogP) is 2.40. The van der Waals surface area contributed by atoms with E-state index in [0.29, 0.717) is 6.54 Å². The maximum Gasteiger partial charge on any atom is 0.194 e. The van der Waals surface area contributed by atoms with Crippen LogP contribution in [0.25, 0.3) is 0 Å². The first kappa shape index (κ1) is 15.5. The molecule has 6 heteroatoms. The van der Waals surface area contributed by atoms with Gasteiger partial charge in [-0.2, -0.15) is 0 Å². The van der Waals surface area contributed by atoms with E-state index in [9.17, 15) is 8.78 Å². The highest BCUT2D eigenvalue weighted by Crippen LogP contribution is 2.17. The van der Waals surface area contributed by atoms with Gasteiger partial charge in [-0.1, -0.05) is 0 Å². The Morgan fingerprint density at radius 3 is 2.76 bits per heavy atom. The molecule has 1 fully saturated rings. The molecule has 0 saturated carbocycles. The zero-order valence-electron chi connectivity index (χ0n) is 12.2. The number of hydrogen-bond donors (Lipinski definition) is 1. The third-order valence-corrected chi connectivity index (χ3v) is 3.24. The van der Waals surface area contributed by atoms with E-state index >= 15 is 0 Å². The van der Waals surface area contributed by atoms with Crippen LogP contribution in [0.4, 0.5) is 8.78 Å². The highest BCUT2D eigenvalue weighted by atomic mass is 19.1. The second kappa shape index (κ2) is 7.81. The summed E-state index contributed by atoms with van der Waals surface area (Å²) in [6.45, 7) is 5.54. The molecule has 0 aliphatic carbocycles. The first-order chi connectivity index (χ1) is 10.2. The third kappa shape index (κ3) is 4.58. The summed E-state index contributed by atoms with van der Waals surface area (Å²) in [5, 5.41) is 3.24. The van der Waals surface area contributed by atoms with Crippen LogP contribution in [0.3, 0.4) is 0 Å². The van der Waals surface area contributed by atoms with Crippen LogP contribution in [0.2, 0.25) is 0 Å². The minimum absolute atomic E-state index is 0.0535. The van der Waals surface area contributed by atoms with Crippen LogP contribution in [0.5, 0.6) is 5.75 Å². The van der Waals surface area contributed by atoms with Crippen molar-refractivity contribution in [2.75, 3.05) is 32.8 Å². The van der Waals surface area contributed by atoms with E-state index in [1.54, 1.807) is 0 Å². The van der Waals surface area contributed by atoms with Crippen molar-refractivity contribution in [3.63, 3.8) is 0 Å². The maximum atomic E-state index is 13.4. The van der Waals surface area contributed by atoms with Crippen molar-refractivity contribution < 1.29 is 13.5 Å². The summed E-state index contributed by atoms with van der Waals surface area (Å²) in [7, 11) is 0. The Kier molecular flexibility index (Phi) is 5.78. The van der Waals surface area contributed by atoms with E-state index in [0.717, 1.165) is 31.7 Å². The number of aliphatic imine (C=N–C) groups is 1. The van der Waals surface area contributed by atoms with Gasteiger partial charge >= 0.3 is 0 Å². The number of rotatable bonds is 5. The van der Waals surface area contributed by atoms with Gasteiger partial charge in [-0.25, -0.2) is 13.8 Å². The molecule has 0 spiro atoms. The van der Waals surface area contributed by atoms with Crippen molar-refractivity contribution in [2.24, 2.45) is 4.99 Å². The first-order valence-electron chi connectivity index (χ1n) is 7.32. The lowest BCUT2D eigenvalue weighted by Gasteiger charge is -2.20. The molecule has 1 aliphatic heterocycles. The monoisotopic (exact) mass is 297 g/mol. The van der Waals surface area contributed by atoms with Crippen molar-refractivity contribution in [1.82, 2.24) is 10.2 Å². The van der Waals surface area contributed by atoms with Gasteiger partial charge in [0.05, 0.1) is 6.54 Å². The molecular weight excluding hydrogens is 276 g/mol. The predicted molar refractivity (Wildman–Crippen MR) is 78.6 cm³/mol. The Balaban J connectivity index is 1.84. The molecule has 1 heterocycles.